The first-order chi connectivity index (χ1) is 8.66. The van der Waals surface area contributed by atoms with Crippen molar-refractivity contribution in [2.45, 2.75) is 13.1 Å². The predicted octanol–water partition coefficient (Wildman–Crippen LogP) is 2.62. The van der Waals surface area contributed by atoms with Crippen molar-refractivity contribution in [2.75, 3.05) is 0 Å². The third kappa shape index (κ3) is 2.92. The molecule has 2 rings (SSSR count). The third-order valence-electron chi connectivity index (χ3n) is 2.42. The number of nitro benzene ring substituents is 1. The molecule has 0 aliphatic heterocycles. The zero-order valence-electron chi connectivity index (χ0n) is 9.43. The molecule has 0 spiro atoms. The predicted molar refractivity (Wildman–Crippen MR) is 62.3 cm³/mol. The van der Waals surface area contributed by atoms with E-state index in [4.69, 9.17) is 4.42 Å². The molecule has 0 radical (unpaired) electrons. The van der Waals surface area contributed by atoms with Crippen molar-refractivity contribution in [3.05, 3.63) is 63.9 Å². The van der Waals surface area contributed by atoms with Gasteiger partial charge in [0.05, 0.1) is 17.7 Å². The van der Waals surface area contributed by atoms with Crippen LogP contribution in [0.4, 0.5) is 10.1 Å². The maximum absolute atomic E-state index is 13.3. The van der Waals surface area contributed by atoms with Crippen LogP contribution in [0.25, 0.3) is 0 Å². The Bertz CT molecular complexity index is 540. The molecule has 1 heterocycles. The highest BCUT2D eigenvalue weighted by Gasteiger charge is 2.13. The summed E-state index contributed by atoms with van der Waals surface area (Å²) in [7, 11) is 0. The fourth-order valence-electron chi connectivity index (χ4n) is 1.55. The van der Waals surface area contributed by atoms with E-state index in [2.05, 4.69) is 5.32 Å². The molecule has 0 fully saturated rings. The van der Waals surface area contributed by atoms with E-state index in [0.717, 1.165) is 11.8 Å². The van der Waals surface area contributed by atoms with Gasteiger partial charge in [0.15, 0.2) is 0 Å². The SMILES string of the molecule is O=[N+]([O-])c1ccc(CNCc2ccco2)cc1F. The van der Waals surface area contributed by atoms with Crippen LogP contribution in [0.2, 0.25) is 0 Å². The van der Waals surface area contributed by atoms with Crippen molar-refractivity contribution in [1.29, 1.82) is 0 Å². The van der Waals surface area contributed by atoms with E-state index in [1.807, 2.05) is 6.07 Å². The van der Waals surface area contributed by atoms with E-state index in [1.54, 1.807) is 12.3 Å². The lowest BCUT2D eigenvalue weighted by Crippen LogP contribution is -2.12. The topological polar surface area (TPSA) is 68.3 Å². The Kier molecular flexibility index (Phi) is 3.69. The maximum Gasteiger partial charge on any atom is 0.304 e. The largest absolute Gasteiger partial charge is 0.468 e. The van der Waals surface area contributed by atoms with Gasteiger partial charge in [-0.3, -0.25) is 10.1 Å². The summed E-state index contributed by atoms with van der Waals surface area (Å²) in [4.78, 5) is 9.70. The number of hydrogen-bond acceptors (Lipinski definition) is 4. The highest BCUT2D eigenvalue weighted by atomic mass is 19.1. The van der Waals surface area contributed by atoms with E-state index in [0.29, 0.717) is 18.7 Å². The number of nitro groups is 1. The van der Waals surface area contributed by atoms with Crippen LogP contribution in [-0.4, -0.2) is 4.92 Å². The van der Waals surface area contributed by atoms with E-state index < -0.39 is 16.4 Å². The molecule has 6 heteroatoms. The minimum Gasteiger partial charge on any atom is -0.468 e. The fraction of sp³-hybridized carbons (Fsp3) is 0.167. The molecule has 1 aromatic carbocycles. The minimum atomic E-state index is -0.822. The van der Waals surface area contributed by atoms with Crippen molar-refractivity contribution in [1.82, 2.24) is 5.32 Å². The molecule has 0 saturated heterocycles. The van der Waals surface area contributed by atoms with Crippen molar-refractivity contribution in [2.24, 2.45) is 0 Å². The molecule has 0 bridgehead atoms. The van der Waals surface area contributed by atoms with Crippen LogP contribution in [0.3, 0.4) is 0 Å². The molecule has 0 aliphatic carbocycles. The lowest BCUT2D eigenvalue weighted by Gasteiger charge is -2.03. The molecule has 5 nitrogen and oxygen atoms in total. The summed E-state index contributed by atoms with van der Waals surface area (Å²) in [6.07, 6.45) is 1.57. The number of hydrogen-bond donors (Lipinski definition) is 1. The Hall–Kier alpha value is -2.21. The van der Waals surface area contributed by atoms with E-state index >= 15 is 0 Å². The molecule has 94 valence electrons. The van der Waals surface area contributed by atoms with Crippen molar-refractivity contribution in [3.8, 4) is 0 Å². The molecule has 0 saturated carbocycles. The smallest absolute Gasteiger partial charge is 0.304 e. The normalized spacial score (nSPS) is 10.5. The number of rotatable bonds is 5. The van der Waals surface area contributed by atoms with Gasteiger partial charge in [-0.05, 0) is 23.8 Å². The third-order valence-corrected chi connectivity index (χ3v) is 2.42. The summed E-state index contributed by atoms with van der Waals surface area (Å²) in [6.45, 7) is 0.932. The van der Waals surface area contributed by atoms with Gasteiger partial charge in [0, 0.05) is 12.6 Å². The highest BCUT2D eigenvalue weighted by Crippen LogP contribution is 2.17. The summed E-state index contributed by atoms with van der Waals surface area (Å²) in [5, 5.41) is 13.5. The van der Waals surface area contributed by atoms with E-state index in [-0.39, 0.29) is 0 Å². The average molecular weight is 250 g/mol. The van der Waals surface area contributed by atoms with Crippen LogP contribution in [0.5, 0.6) is 0 Å². The first-order valence-corrected chi connectivity index (χ1v) is 5.33. The van der Waals surface area contributed by atoms with Gasteiger partial charge in [0.1, 0.15) is 5.76 Å². The first-order valence-electron chi connectivity index (χ1n) is 5.33. The van der Waals surface area contributed by atoms with E-state index in [9.17, 15) is 14.5 Å². The van der Waals surface area contributed by atoms with Gasteiger partial charge in [0.2, 0.25) is 5.82 Å². The molecule has 1 N–H and O–H groups in total. The van der Waals surface area contributed by atoms with Gasteiger partial charge in [-0.2, -0.15) is 4.39 Å². The van der Waals surface area contributed by atoms with Gasteiger partial charge in [-0.15, -0.1) is 0 Å². The molecule has 2 aromatic rings. The molecule has 0 unspecified atom stereocenters. The van der Waals surface area contributed by atoms with Crippen molar-refractivity contribution < 1.29 is 13.7 Å². The minimum absolute atomic E-state index is 0.412. The molecule has 1 aromatic heterocycles. The Labute approximate surface area is 102 Å². The number of halogens is 1. The monoisotopic (exact) mass is 250 g/mol. The first kappa shape index (κ1) is 12.3. The number of nitrogens with zero attached hydrogens (tertiary/aromatic N) is 1. The maximum atomic E-state index is 13.3. The second-order valence-corrected chi connectivity index (χ2v) is 3.73. The van der Waals surface area contributed by atoms with Crippen LogP contribution >= 0.6 is 0 Å². The summed E-state index contributed by atoms with van der Waals surface area (Å²) >= 11 is 0. The van der Waals surface area contributed by atoms with Gasteiger partial charge < -0.3 is 9.73 Å². The summed E-state index contributed by atoms with van der Waals surface area (Å²) in [5.41, 5.74) is 0.134. The number of nitrogens with one attached hydrogen (secondary N) is 1. The number of furan rings is 1. The molecule has 0 atom stereocenters. The van der Waals surface area contributed by atoms with Gasteiger partial charge >= 0.3 is 5.69 Å². The van der Waals surface area contributed by atoms with Crippen LogP contribution in [0.15, 0.2) is 41.0 Å². The standard InChI is InChI=1S/C12H11FN2O3/c13-11-6-9(3-4-12(11)15(16)17)7-14-8-10-2-1-5-18-10/h1-6,14H,7-8H2. The van der Waals surface area contributed by atoms with Crippen LogP contribution in [0.1, 0.15) is 11.3 Å². The lowest BCUT2D eigenvalue weighted by molar-refractivity contribution is -0.387. The molecular formula is C12H11FN2O3. The Balaban J connectivity index is 1.94. The van der Waals surface area contributed by atoms with Crippen LogP contribution < -0.4 is 5.32 Å². The Morgan fingerprint density at radius 1 is 1.33 bits per heavy atom. The lowest BCUT2D eigenvalue weighted by atomic mass is 10.2. The molecular weight excluding hydrogens is 239 g/mol. The molecule has 18 heavy (non-hydrogen) atoms. The average Bonchev–Trinajstić information content (AvgIpc) is 2.81. The Morgan fingerprint density at radius 2 is 2.17 bits per heavy atom. The second-order valence-electron chi connectivity index (χ2n) is 3.73. The fourth-order valence-corrected chi connectivity index (χ4v) is 1.55. The molecule has 0 amide bonds. The van der Waals surface area contributed by atoms with Gasteiger partial charge in [-0.25, -0.2) is 0 Å². The quantitative estimate of drug-likeness (QED) is 0.654. The zero-order chi connectivity index (χ0) is 13.0. The van der Waals surface area contributed by atoms with Crippen molar-refractivity contribution >= 4 is 5.69 Å². The highest BCUT2D eigenvalue weighted by molar-refractivity contribution is 5.34. The van der Waals surface area contributed by atoms with Gasteiger partial charge in [-0.1, -0.05) is 6.07 Å². The van der Waals surface area contributed by atoms with Gasteiger partial charge in [0.25, 0.3) is 0 Å². The summed E-state index contributed by atoms with van der Waals surface area (Å²) < 4.78 is 18.4. The number of benzene rings is 1. The summed E-state index contributed by atoms with van der Waals surface area (Å²) in [6, 6.07) is 7.45. The van der Waals surface area contributed by atoms with Crippen molar-refractivity contribution in [3.63, 3.8) is 0 Å². The van der Waals surface area contributed by atoms with E-state index in [1.165, 1.54) is 12.1 Å². The molecule has 0 aliphatic rings. The zero-order valence-corrected chi connectivity index (χ0v) is 9.43. The summed E-state index contributed by atoms with van der Waals surface area (Å²) in [5.74, 6) is -0.0466. The van der Waals surface area contributed by atoms with Crippen LogP contribution in [-0.2, 0) is 13.1 Å². The van der Waals surface area contributed by atoms with Crippen LogP contribution in [0, 0.1) is 15.9 Å². The second kappa shape index (κ2) is 5.42. The Morgan fingerprint density at radius 3 is 2.78 bits per heavy atom.